The fourth-order valence-electron chi connectivity index (χ4n) is 3.32. The molecule has 0 saturated carbocycles. The number of nitrogens with one attached hydrogen (secondary N) is 1. The van der Waals surface area contributed by atoms with Crippen LogP contribution in [0.15, 0.2) is 36.8 Å². The van der Waals surface area contributed by atoms with Crippen molar-refractivity contribution in [2.24, 2.45) is 0 Å². The molecule has 2 aromatic heterocycles. The third kappa shape index (κ3) is 4.84. The monoisotopic (exact) mass is 370 g/mol. The quantitative estimate of drug-likeness (QED) is 0.860. The van der Waals surface area contributed by atoms with Gasteiger partial charge in [0.2, 0.25) is 5.91 Å². The summed E-state index contributed by atoms with van der Waals surface area (Å²) >= 11 is 0. The van der Waals surface area contributed by atoms with Gasteiger partial charge in [0.1, 0.15) is 5.82 Å². The number of amides is 3. The summed E-state index contributed by atoms with van der Waals surface area (Å²) in [4.78, 5) is 36.3. The Balaban J connectivity index is 1.62. The summed E-state index contributed by atoms with van der Waals surface area (Å²) in [6.45, 7) is 2.02. The van der Waals surface area contributed by atoms with E-state index in [0.29, 0.717) is 19.6 Å². The van der Waals surface area contributed by atoms with Crippen LogP contribution in [-0.2, 0) is 11.3 Å². The summed E-state index contributed by atoms with van der Waals surface area (Å²) in [5.74, 6) is 1.11. The summed E-state index contributed by atoms with van der Waals surface area (Å²) in [6, 6.07) is 5.61. The van der Waals surface area contributed by atoms with Gasteiger partial charge in [-0.05, 0) is 25.0 Å². The fraction of sp³-hybridized carbons (Fsp3) is 0.474. The lowest BCUT2D eigenvalue weighted by molar-refractivity contribution is -0.131. The molecule has 1 unspecified atom stereocenters. The van der Waals surface area contributed by atoms with Crippen molar-refractivity contribution in [3.05, 3.63) is 48.3 Å². The molecule has 144 valence electrons. The number of imidazole rings is 1. The lowest BCUT2D eigenvalue weighted by atomic mass is 9.97. The summed E-state index contributed by atoms with van der Waals surface area (Å²) in [7, 11) is 3.30. The number of hydrogen-bond donors (Lipinski definition) is 1. The molecule has 27 heavy (non-hydrogen) atoms. The Kier molecular flexibility index (Phi) is 6.05. The molecular weight excluding hydrogens is 344 g/mol. The number of carbonyl (C=O) groups excluding carboxylic acids is 2. The molecule has 0 aliphatic carbocycles. The molecule has 1 N–H and O–H groups in total. The number of nitrogens with zero attached hydrogens (tertiary/aromatic N) is 5. The van der Waals surface area contributed by atoms with Gasteiger partial charge in [0.25, 0.3) is 0 Å². The van der Waals surface area contributed by atoms with Crippen LogP contribution >= 0.6 is 0 Å². The Bertz CT molecular complexity index is 774. The van der Waals surface area contributed by atoms with E-state index in [1.165, 1.54) is 4.90 Å². The highest BCUT2D eigenvalue weighted by Gasteiger charge is 2.27. The molecule has 1 aliphatic heterocycles. The maximum Gasteiger partial charge on any atom is 0.317 e. The highest BCUT2D eigenvalue weighted by atomic mass is 16.2. The molecule has 3 rings (SSSR count). The summed E-state index contributed by atoms with van der Waals surface area (Å²) in [6.07, 6.45) is 7.47. The molecule has 0 bridgehead atoms. The predicted molar refractivity (Wildman–Crippen MR) is 101 cm³/mol. The van der Waals surface area contributed by atoms with Gasteiger partial charge in [-0.25, -0.2) is 9.78 Å². The molecular formula is C19H26N6O2. The van der Waals surface area contributed by atoms with E-state index in [1.807, 2.05) is 29.3 Å². The largest absolute Gasteiger partial charge is 0.340 e. The first-order valence-corrected chi connectivity index (χ1v) is 9.18. The molecule has 3 amide bonds. The average molecular weight is 370 g/mol. The van der Waals surface area contributed by atoms with Crippen LogP contribution in [0.5, 0.6) is 0 Å². The zero-order chi connectivity index (χ0) is 19.2. The summed E-state index contributed by atoms with van der Waals surface area (Å²) < 4.78 is 2.11. The van der Waals surface area contributed by atoms with Crippen LogP contribution < -0.4 is 5.32 Å². The molecule has 8 heteroatoms. The van der Waals surface area contributed by atoms with Gasteiger partial charge in [0, 0.05) is 51.7 Å². The molecule has 1 fully saturated rings. The topological polar surface area (TPSA) is 83.4 Å². The third-order valence-electron chi connectivity index (χ3n) is 4.74. The Morgan fingerprint density at radius 1 is 1.26 bits per heavy atom. The third-order valence-corrected chi connectivity index (χ3v) is 4.74. The molecule has 2 aromatic rings. The Morgan fingerprint density at radius 3 is 2.85 bits per heavy atom. The second-order valence-corrected chi connectivity index (χ2v) is 6.97. The molecule has 1 atom stereocenters. The number of aromatic nitrogens is 3. The van der Waals surface area contributed by atoms with Crippen LogP contribution in [0.2, 0.25) is 0 Å². The lowest BCUT2D eigenvalue weighted by Gasteiger charge is -2.33. The Morgan fingerprint density at radius 2 is 2.11 bits per heavy atom. The minimum atomic E-state index is -0.261. The van der Waals surface area contributed by atoms with E-state index in [1.54, 1.807) is 26.5 Å². The van der Waals surface area contributed by atoms with E-state index >= 15 is 0 Å². The maximum atomic E-state index is 12.5. The SMILES string of the molecule is CN(C)C(=O)NCC(=O)N1CCCC(c2nccn2Cc2ccccn2)C1. The van der Waals surface area contributed by atoms with Crippen LogP contribution in [0, 0.1) is 0 Å². The normalized spacial score (nSPS) is 16.8. The zero-order valence-corrected chi connectivity index (χ0v) is 15.8. The van der Waals surface area contributed by atoms with Gasteiger partial charge in [-0.3, -0.25) is 9.78 Å². The van der Waals surface area contributed by atoms with E-state index in [4.69, 9.17) is 0 Å². The van der Waals surface area contributed by atoms with Crippen molar-refractivity contribution >= 4 is 11.9 Å². The van der Waals surface area contributed by atoms with Crippen molar-refractivity contribution in [1.82, 2.24) is 29.7 Å². The van der Waals surface area contributed by atoms with Crippen LogP contribution in [0.3, 0.4) is 0 Å². The van der Waals surface area contributed by atoms with E-state index in [0.717, 1.165) is 24.4 Å². The minimum absolute atomic E-state index is 0.0199. The first-order valence-electron chi connectivity index (χ1n) is 9.18. The summed E-state index contributed by atoms with van der Waals surface area (Å²) in [5.41, 5.74) is 0.979. The molecule has 1 saturated heterocycles. The number of pyridine rings is 1. The van der Waals surface area contributed by atoms with Crippen molar-refractivity contribution in [2.75, 3.05) is 33.7 Å². The van der Waals surface area contributed by atoms with Crippen molar-refractivity contribution in [2.45, 2.75) is 25.3 Å². The molecule has 0 spiro atoms. The number of urea groups is 1. The second-order valence-electron chi connectivity index (χ2n) is 6.97. The predicted octanol–water partition coefficient (Wildman–Crippen LogP) is 1.30. The Hall–Kier alpha value is -2.90. The number of rotatable bonds is 5. The second kappa shape index (κ2) is 8.66. The number of piperidine rings is 1. The highest BCUT2D eigenvalue weighted by molar-refractivity contribution is 5.83. The van der Waals surface area contributed by atoms with Crippen molar-refractivity contribution in [3.8, 4) is 0 Å². The lowest BCUT2D eigenvalue weighted by Crippen LogP contribution is -2.46. The van der Waals surface area contributed by atoms with E-state index in [-0.39, 0.29) is 24.4 Å². The molecule has 0 aromatic carbocycles. The van der Waals surface area contributed by atoms with Gasteiger partial charge in [0.15, 0.2) is 0 Å². The van der Waals surface area contributed by atoms with Gasteiger partial charge in [0.05, 0.1) is 18.8 Å². The zero-order valence-electron chi connectivity index (χ0n) is 15.8. The van der Waals surface area contributed by atoms with Crippen molar-refractivity contribution in [1.29, 1.82) is 0 Å². The van der Waals surface area contributed by atoms with Gasteiger partial charge in [-0.2, -0.15) is 0 Å². The molecule has 0 radical (unpaired) electrons. The average Bonchev–Trinajstić information content (AvgIpc) is 3.14. The van der Waals surface area contributed by atoms with Crippen LogP contribution in [0.1, 0.15) is 30.3 Å². The van der Waals surface area contributed by atoms with E-state index in [2.05, 4.69) is 19.9 Å². The first kappa shape index (κ1) is 18.9. The standard InChI is InChI=1S/C19H26N6O2/c1-23(2)19(27)22-12-17(26)24-10-5-6-15(13-24)18-21-9-11-25(18)14-16-7-3-4-8-20-16/h3-4,7-9,11,15H,5-6,10,12-14H2,1-2H3,(H,22,27). The molecule has 3 heterocycles. The van der Waals surface area contributed by atoms with Gasteiger partial charge in [-0.1, -0.05) is 6.07 Å². The van der Waals surface area contributed by atoms with Crippen molar-refractivity contribution in [3.63, 3.8) is 0 Å². The van der Waals surface area contributed by atoms with Crippen LogP contribution in [0.25, 0.3) is 0 Å². The first-order chi connectivity index (χ1) is 13.0. The minimum Gasteiger partial charge on any atom is -0.340 e. The molecule has 1 aliphatic rings. The number of carbonyl (C=O) groups is 2. The Labute approximate surface area is 159 Å². The molecule has 8 nitrogen and oxygen atoms in total. The van der Waals surface area contributed by atoms with Crippen LogP contribution in [0.4, 0.5) is 4.79 Å². The summed E-state index contributed by atoms with van der Waals surface area (Å²) in [5, 5.41) is 2.64. The highest BCUT2D eigenvalue weighted by Crippen LogP contribution is 2.26. The van der Waals surface area contributed by atoms with E-state index < -0.39 is 0 Å². The maximum absolute atomic E-state index is 12.5. The number of likely N-dealkylation sites (tertiary alicyclic amines) is 1. The smallest absolute Gasteiger partial charge is 0.317 e. The van der Waals surface area contributed by atoms with E-state index in [9.17, 15) is 9.59 Å². The van der Waals surface area contributed by atoms with Crippen LogP contribution in [-0.4, -0.2) is 70.0 Å². The van der Waals surface area contributed by atoms with Crippen molar-refractivity contribution < 1.29 is 9.59 Å². The van der Waals surface area contributed by atoms with Gasteiger partial charge < -0.3 is 19.7 Å². The number of hydrogen-bond acceptors (Lipinski definition) is 4. The fourth-order valence-corrected chi connectivity index (χ4v) is 3.32. The van der Waals surface area contributed by atoms with Gasteiger partial charge in [-0.15, -0.1) is 0 Å². The van der Waals surface area contributed by atoms with Gasteiger partial charge >= 0.3 is 6.03 Å².